The van der Waals surface area contributed by atoms with Crippen LogP contribution in [0.4, 0.5) is 0 Å². The summed E-state index contributed by atoms with van der Waals surface area (Å²) in [6, 6.07) is 0. The summed E-state index contributed by atoms with van der Waals surface area (Å²) in [5.74, 6) is 0. The van der Waals surface area contributed by atoms with Crippen molar-refractivity contribution in [3.05, 3.63) is 9.81 Å². The van der Waals surface area contributed by atoms with Crippen molar-refractivity contribution in [3.63, 3.8) is 0 Å². The number of hydrogen-bond acceptors (Lipinski definition) is 5. The Bertz CT molecular complexity index is 198. The summed E-state index contributed by atoms with van der Waals surface area (Å²) in [5, 5.41) is 7.93. The third kappa shape index (κ3) is 5.78. The summed E-state index contributed by atoms with van der Waals surface area (Å²) >= 11 is 1.20. The third-order valence-corrected chi connectivity index (χ3v) is 1.65. The van der Waals surface area contributed by atoms with Gasteiger partial charge in [0.2, 0.25) is 5.17 Å². The number of amidine groups is 1. The van der Waals surface area contributed by atoms with Crippen LogP contribution in [0.25, 0.3) is 0 Å². The zero-order chi connectivity index (χ0) is 9.61. The average molecular weight is 190 g/mol. The molecule has 0 aliphatic rings. The van der Waals surface area contributed by atoms with Crippen molar-refractivity contribution in [1.29, 1.82) is 0 Å². The first-order chi connectivity index (χ1) is 5.49. The van der Waals surface area contributed by atoms with Crippen LogP contribution < -0.4 is 5.43 Å². The number of thioether (sulfide) groups is 1. The molecule has 0 saturated carbocycles. The quantitative estimate of drug-likeness (QED) is 0.311. The molecule has 0 aliphatic carbocycles. The van der Waals surface area contributed by atoms with Crippen molar-refractivity contribution >= 4 is 16.9 Å². The average Bonchev–Trinajstić information content (AvgIpc) is 1.84. The van der Waals surface area contributed by atoms with Crippen LogP contribution in [0.5, 0.6) is 0 Å². The monoisotopic (exact) mass is 190 g/mol. The smallest absolute Gasteiger partial charge is 0.209 e. The van der Waals surface area contributed by atoms with E-state index in [1.165, 1.54) is 11.8 Å². The highest BCUT2D eigenvalue weighted by Crippen LogP contribution is 2.23. The Morgan fingerprint density at radius 3 is 2.25 bits per heavy atom. The van der Waals surface area contributed by atoms with Crippen LogP contribution in [0, 0.1) is 9.81 Å². The van der Waals surface area contributed by atoms with E-state index in [9.17, 15) is 9.81 Å². The minimum atomic E-state index is -0.152. The predicted octanol–water partition coefficient (Wildman–Crippen LogP) is 1.83. The normalized spacial score (nSPS) is 12.4. The van der Waals surface area contributed by atoms with Crippen LogP contribution in [0.15, 0.2) is 15.7 Å². The van der Waals surface area contributed by atoms with Gasteiger partial charge in [-0.15, -0.1) is 9.81 Å². The van der Waals surface area contributed by atoms with Gasteiger partial charge in [0.15, 0.2) is 0 Å². The number of nitroso groups, excluding NO2 is 2. The first-order valence-electron chi connectivity index (χ1n) is 3.17. The molecule has 0 atom stereocenters. The van der Waals surface area contributed by atoms with Crippen LogP contribution in [-0.4, -0.2) is 9.91 Å². The highest BCUT2D eigenvalue weighted by molar-refractivity contribution is 8.14. The van der Waals surface area contributed by atoms with Gasteiger partial charge in [-0.05, 0) is 0 Å². The Morgan fingerprint density at radius 2 is 1.92 bits per heavy atom. The number of hydrogen-bond donors (Lipinski definition) is 1. The number of nitrogens with zero attached hydrogens (tertiary/aromatic N) is 3. The van der Waals surface area contributed by atoms with Gasteiger partial charge in [-0.25, -0.2) is 5.43 Å². The molecule has 12 heavy (non-hydrogen) atoms. The lowest BCUT2D eigenvalue weighted by Crippen LogP contribution is -2.20. The molecule has 0 rings (SSSR count). The Morgan fingerprint density at radius 1 is 1.33 bits per heavy atom. The van der Waals surface area contributed by atoms with Gasteiger partial charge in [-0.3, -0.25) is 0 Å². The lowest BCUT2D eigenvalue weighted by Gasteiger charge is -2.16. The molecule has 0 radical (unpaired) electrons. The van der Waals surface area contributed by atoms with Gasteiger partial charge in [0.05, 0.1) is 10.6 Å². The second-order valence-electron chi connectivity index (χ2n) is 2.90. The van der Waals surface area contributed by atoms with Crippen molar-refractivity contribution in [3.8, 4) is 0 Å². The minimum Gasteiger partial charge on any atom is -0.217 e. The van der Waals surface area contributed by atoms with Crippen molar-refractivity contribution < 1.29 is 0 Å². The Labute approximate surface area is 74.1 Å². The van der Waals surface area contributed by atoms with E-state index in [1.54, 1.807) is 0 Å². The zero-order valence-electron chi connectivity index (χ0n) is 7.07. The lowest BCUT2D eigenvalue weighted by atomic mass is 10.3. The van der Waals surface area contributed by atoms with Crippen LogP contribution in [0.3, 0.4) is 0 Å². The predicted molar refractivity (Wildman–Crippen MR) is 49.5 cm³/mol. The molecule has 68 valence electrons. The van der Waals surface area contributed by atoms with Gasteiger partial charge < -0.3 is 0 Å². The Hall–Kier alpha value is -0.980. The maximum atomic E-state index is 9.78. The van der Waals surface area contributed by atoms with Gasteiger partial charge in [-0.1, -0.05) is 37.6 Å². The molecule has 7 heteroatoms. The van der Waals surface area contributed by atoms with E-state index in [4.69, 9.17) is 0 Å². The van der Waals surface area contributed by atoms with E-state index in [2.05, 4.69) is 15.7 Å². The molecule has 0 aliphatic heterocycles. The van der Waals surface area contributed by atoms with E-state index < -0.39 is 0 Å². The van der Waals surface area contributed by atoms with Gasteiger partial charge in [0, 0.05) is 4.75 Å². The Balaban J connectivity index is 4.23. The molecule has 1 N–H and O–H groups in total. The summed E-state index contributed by atoms with van der Waals surface area (Å²) in [4.78, 5) is 19.5. The molecule has 0 spiro atoms. The van der Waals surface area contributed by atoms with E-state index in [-0.39, 0.29) is 9.91 Å². The summed E-state index contributed by atoms with van der Waals surface area (Å²) < 4.78 is -0.152. The fourth-order valence-corrected chi connectivity index (χ4v) is 1.17. The number of rotatable bonds is 2. The first kappa shape index (κ1) is 11.0. The van der Waals surface area contributed by atoms with Crippen molar-refractivity contribution in [2.75, 3.05) is 0 Å². The third-order valence-electron chi connectivity index (χ3n) is 0.676. The fraction of sp³-hybridized carbons (Fsp3) is 0.800. The molecule has 0 heterocycles. The largest absolute Gasteiger partial charge is 0.217 e. The zero-order valence-corrected chi connectivity index (χ0v) is 7.88. The maximum Gasteiger partial charge on any atom is 0.209 e. The standard InChI is InChI=1S/C5H10N4O2S/c1-5(2,3)12-4(6-8-10)7-9-11/h1-3H3,(H,6,7,10,11). The summed E-state index contributed by atoms with van der Waals surface area (Å²) in [6.07, 6.45) is 0. The van der Waals surface area contributed by atoms with Gasteiger partial charge >= 0.3 is 0 Å². The molecular weight excluding hydrogens is 180 g/mol. The van der Waals surface area contributed by atoms with Crippen molar-refractivity contribution in [1.82, 2.24) is 5.43 Å². The topological polar surface area (TPSA) is 83.2 Å². The second-order valence-corrected chi connectivity index (χ2v) is 4.72. The molecule has 0 saturated heterocycles. The van der Waals surface area contributed by atoms with E-state index >= 15 is 0 Å². The molecule has 6 nitrogen and oxygen atoms in total. The van der Waals surface area contributed by atoms with Gasteiger partial charge in [-0.2, -0.15) is 0 Å². The maximum absolute atomic E-state index is 9.78. The van der Waals surface area contributed by atoms with Crippen molar-refractivity contribution in [2.24, 2.45) is 15.7 Å². The van der Waals surface area contributed by atoms with Crippen LogP contribution >= 0.6 is 11.8 Å². The fourth-order valence-electron chi connectivity index (χ4n) is 0.432. The summed E-state index contributed by atoms with van der Waals surface area (Å²) in [7, 11) is 0. The minimum absolute atomic E-state index is 0.104. The molecule has 0 unspecified atom stereocenters. The van der Waals surface area contributed by atoms with E-state index in [0.717, 1.165) is 0 Å². The van der Waals surface area contributed by atoms with E-state index in [0.29, 0.717) is 0 Å². The molecule has 0 bridgehead atoms. The van der Waals surface area contributed by atoms with Crippen LogP contribution in [-0.2, 0) is 0 Å². The molecular formula is C5H10N4O2S. The summed E-state index contributed by atoms with van der Waals surface area (Å²) in [6.45, 7) is 5.72. The molecule has 0 aromatic rings. The van der Waals surface area contributed by atoms with Crippen LogP contribution in [0.2, 0.25) is 0 Å². The van der Waals surface area contributed by atoms with Gasteiger partial charge in [0.1, 0.15) is 0 Å². The molecule has 0 fully saturated rings. The molecule has 0 aromatic carbocycles. The second kappa shape index (κ2) is 4.81. The molecule has 0 aromatic heterocycles. The Kier molecular flexibility index (Phi) is 4.42. The van der Waals surface area contributed by atoms with Crippen LogP contribution in [0.1, 0.15) is 20.8 Å². The first-order valence-corrected chi connectivity index (χ1v) is 3.99. The molecule has 0 amide bonds. The van der Waals surface area contributed by atoms with Crippen molar-refractivity contribution in [2.45, 2.75) is 25.5 Å². The highest BCUT2D eigenvalue weighted by atomic mass is 32.2. The lowest BCUT2D eigenvalue weighted by molar-refractivity contribution is 0.807. The number of nitrogens with one attached hydrogen (secondary N) is 1. The van der Waals surface area contributed by atoms with E-state index in [1.807, 2.05) is 26.2 Å². The van der Waals surface area contributed by atoms with Gasteiger partial charge in [0.25, 0.3) is 0 Å². The highest BCUT2D eigenvalue weighted by Gasteiger charge is 2.15. The SMILES string of the molecule is CC(C)(C)SC(=NN=O)NN=O. The summed E-state index contributed by atoms with van der Waals surface area (Å²) in [5.41, 5.74) is 2.03.